The maximum Gasteiger partial charge on any atom is 0.222 e. The summed E-state index contributed by atoms with van der Waals surface area (Å²) in [5.74, 6) is 0.645. The predicted octanol–water partition coefficient (Wildman–Crippen LogP) is 4.30. The van der Waals surface area contributed by atoms with Crippen LogP contribution < -0.4 is 15.3 Å². The smallest absolute Gasteiger partial charge is 0.222 e. The van der Waals surface area contributed by atoms with Crippen molar-refractivity contribution in [3.8, 4) is 22.4 Å². The molecule has 8 nitrogen and oxygen atoms in total. The molecule has 1 aromatic carbocycles. The topological polar surface area (TPSA) is 103 Å². The molecule has 0 amide bonds. The first kappa shape index (κ1) is 20.3. The van der Waals surface area contributed by atoms with Gasteiger partial charge >= 0.3 is 0 Å². The van der Waals surface area contributed by atoms with Crippen LogP contribution in [-0.4, -0.2) is 31.6 Å². The Morgan fingerprint density at radius 3 is 2.82 bits per heavy atom. The Balaban J connectivity index is 1.42. The molecule has 6 rings (SSSR count). The van der Waals surface area contributed by atoms with Crippen LogP contribution in [0.15, 0.2) is 55.1 Å². The highest BCUT2D eigenvalue weighted by molar-refractivity contribution is 5.95. The van der Waals surface area contributed by atoms with Crippen molar-refractivity contribution >= 4 is 28.5 Å². The summed E-state index contributed by atoms with van der Waals surface area (Å²) in [5, 5.41) is 4.21. The Morgan fingerprint density at radius 1 is 1.12 bits per heavy atom. The van der Waals surface area contributed by atoms with Crippen LogP contribution in [0.5, 0.6) is 0 Å². The summed E-state index contributed by atoms with van der Waals surface area (Å²) in [4.78, 5) is 18.9. The van der Waals surface area contributed by atoms with E-state index in [4.69, 9.17) is 5.73 Å². The Kier molecular flexibility index (Phi) is 4.58. The molecule has 5 aromatic rings. The van der Waals surface area contributed by atoms with Crippen LogP contribution in [0.1, 0.15) is 25.5 Å². The molecular weight excluding hydrogens is 431 g/mol. The predicted molar refractivity (Wildman–Crippen MR) is 129 cm³/mol. The molecule has 0 aliphatic carbocycles. The van der Waals surface area contributed by atoms with E-state index in [0.29, 0.717) is 24.1 Å². The number of halogens is 1. The van der Waals surface area contributed by atoms with Gasteiger partial charge in [-0.15, -0.1) is 4.68 Å². The number of hydrogen-bond acceptors (Lipinski definition) is 5. The van der Waals surface area contributed by atoms with Gasteiger partial charge in [-0.3, -0.25) is 0 Å². The second kappa shape index (κ2) is 7.65. The summed E-state index contributed by atoms with van der Waals surface area (Å²) in [6.07, 6.45) is 8.56. The van der Waals surface area contributed by atoms with Crippen LogP contribution in [0.25, 0.3) is 33.4 Å². The minimum atomic E-state index is -0.230. The molecule has 170 valence electrons. The Bertz CT molecular complexity index is 1530. The number of anilines is 3. The second-order valence-corrected chi connectivity index (χ2v) is 8.83. The molecule has 5 heterocycles. The number of benzene rings is 1. The van der Waals surface area contributed by atoms with Crippen molar-refractivity contribution in [3.05, 3.63) is 66.5 Å². The lowest BCUT2D eigenvalue weighted by Crippen LogP contribution is -2.36. The Morgan fingerprint density at radius 2 is 2.00 bits per heavy atom. The summed E-state index contributed by atoms with van der Waals surface area (Å²) in [7, 11) is 0. The average Bonchev–Trinajstić information content (AvgIpc) is 3.55. The molecule has 0 spiro atoms. The minimum Gasteiger partial charge on any atom is -0.368 e. The number of aromatic amines is 2. The van der Waals surface area contributed by atoms with E-state index in [0.717, 1.165) is 45.4 Å². The zero-order chi connectivity index (χ0) is 23.4. The highest BCUT2D eigenvalue weighted by Gasteiger charge is 2.23. The molecule has 1 aliphatic rings. The van der Waals surface area contributed by atoms with Crippen molar-refractivity contribution in [1.29, 1.82) is 0 Å². The number of fused-ring (bicyclic) bond motifs is 2. The fourth-order valence-electron chi connectivity index (χ4n) is 4.53. The van der Waals surface area contributed by atoms with Crippen LogP contribution in [0.4, 0.5) is 21.8 Å². The molecule has 34 heavy (non-hydrogen) atoms. The number of rotatable bonds is 4. The van der Waals surface area contributed by atoms with Crippen LogP contribution in [0, 0.1) is 5.82 Å². The first-order valence-corrected chi connectivity index (χ1v) is 11.2. The van der Waals surface area contributed by atoms with E-state index in [2.05, 4.69) is 60.7 Å². The number of H-pyrrole nitrogens is 2. The standard InChI is InChI=1S/C25H23FN8/c1-14(2)34-13-17(11-30-34)16-8-19-20(12-29-24(19)28-10-16)21-9-23(32-25(27)31-21)33-6-5-15-7-18(26)3-4-22(15)33/h3-4,7-14H,5-6H2,1-2H3,(H3,27,28,29,31,32)/p+1. The lowest BCUT2D eigenvalue weighted by Gasteiger charge is -2.19. The van der Waals surface area contributed by atoms with Crippen molar-refractivity contribution in [2.75, 3.05) is 17.2 Å². The van der Waals surface area contributed by atoms with Gasteiger partial charge in [0.25, 0.3) is 0 Å². The van der Waals surface area contributed by atoms with Gasteiger partial charge in [0.2, 0.25) is 12.1 Å². The third-order valence-electron chi connectivity index (χ3n) is 6.29. The van der Waals surface area contributed by atoms with Crippen molar-refractivity contribution in [2.45, 2.75) is 26.3 Å². The number of nitrogens with one attached hydrogen (secondary N) is 2. The summed E-state index contributed by atoms with van der Waals surface area (Å²) in [5.41, 5.74) is 12.5. The lowest BCUT2D eigenvalue weighted by atomic mass is 10.1. The van der Waals surface area contributed by atoms with Gasteiger partial charge in [-0.2, -0.15) is 10.1 Å². The minimum absolute atomic E-state index is 0.185. The van der Waals surface area contributed by atoms with Gasteiger partial charge in [0.1, 0.15) is 17.3 Å². The zero-order valence-electron chi connectivity index (χ0n) is 18.9. The lowest BCUT2D eigenvalue weighted by molar-refractivity contribution is -0.767. The third kappa shape index (κ3) is 3.37. The Hall–Kier alpha value is -4.27. The molecule has 9 heteroatoms. The van der Waals surface area contributed by atoms with E-state index in [1.807, 2.05) is 24.7 Å². The molecule has 4 N–H and O–H groups in total. The van der Waals surface area contributed by atoms with Gasteiger partial charge < -0.3 is 15.6 Å². The number of nitrogens with two attached hydrogens (primary N) is 1. The van der Waals surface area contributed by atoms with Gasteiger partial charge in [0.05, 0.1) is 17.5 Å². The number of nitrogen functional groups attached to an aromatic ring is 1. The molecule has 0 saturated carbocycles. The molecule has 0 atom stereocenters. The summed E-state index contributed by atoms with van der Waals surface area (Å²) in [6, 6.07) is 9.21. The maximum absolute atomic E-state index is 13.7. The largest absolute Gasteiger partial charge is 0.368 e. The van der Waals surface area contributed by atoms with Gasteiger partial charge in [0, 0.05) is 47.2 Å². The highest BCUT2D eigenvalue weighted by Crippen LogP contribution is 2.37. The molecular formula is C25H24FN8+. The monoisotopic (exact) mass is 455 g/mol. The van der Waals surface area contributed by atoms with Gasteiger partial charge in [-0.05, 0) is 50.1 Å². The first-order chi connectivity index (χ1) is 16.5. The molecule has 1 aliphatic heterocycles. The molecule has 4 aromatic heterocycles. The van der Waals surface area contributed by atoms with E-state index in [9.17, 15) is 4.39 Å². The molecule has 0 bridgehead atoms. The van der Waals surface area contributed by atoms with Crippen molar-refractivity contribution in [3.63, 3.8) is 0 Å². The van der Waals surface area contributed by atoms with E-state index in [1.165, 1.54) is 6.07 Å². The SMILES string of the molecule is CC(C)[n+]1cc(-c2cnc3[nH]cc(-c4cc(N5CCc6cc(F)ccc65)nc(N)n4)c3c2)c[nH]1. The Labute approximate surface area is 195 Å². The summed E-state index contributed by atoms with van der Waals surface area (Å²) >= 11 is 0. The zero-order valence-corrected chi connectivity index (χ0v) is 18.9. The summed E-state index contributed by atoms with van der Waals surface area (Å²) < 4.78 is 15.7. The normalized spacial score (nSPS) is 13.2. The van der Waals surface area contributed by atoms with Crippen LogP contribution in [0.2, 0.25) is 0 Å². The van der Waals surface area contributed by atoms with Crippen molar-refractivity contribution in [2.24, 2.45) is 0 Å². The van der Waals surface area contributed by atoms with E-state index >= 15 is 0 Å². The molecule has 0 unspecified atom stereocenters. The molecule has 0 fully saturated rings. The van der Waals surface area contributed by atoms with Gasteiger partial charge in [0.15, 0.2) is 6.04 Å². The number of nitrogens with zero attached hydrogens (tertiary/aromatic N) is 5. The molecule has 0 radical (unpaired) electrons. The maximum atomic E-state index is 13.7. The van der Waals surface area contributed by atoms with Crippen LogP contribution >= 0.6 is 0 Å². The average molecular weight is 456 g/mol. The fraction of sp³-hybridized carbons (Fsp3) is 0.200. The van der Waals surface area contributed by atoms with Crippen molar-refractivity contribution < 1.29 is 9.07 Å². The summed E-state index contributed by atoms with van der Waals surface area (Å²) in [6.45, 7) is 4.95. The van der Waals surface area contributed by atoms with Gasteiger partial charge in [-0.25, -0.2) is 14.4 Å². The molecule has 0 saturated heterocycles. The van der Waals surface area contributed by atoms with E-state index in [1.54, 1.807) is 12.1 Å². The second-order valence-electron chi connectivity index (χ2n) is 8.83. The first-order valence-electron chi connectivity index (χ1n) is 11.2. The van der Waals surface area contributed by atoms with Crippen LogP contribution in [-0.2, 0) is 6.42 Å². The van der Waals surface area contributed by atoms with E-state index < -0.39 is 0 Å². The number of aromatic nitrogens is 6. The third-order valence-corrected chi connectivity index (χ3v) is 6.29. The van der Waals surface area contributed by atoms with E-state index in [-0.39, 0.29) is 11.8 Å². The number of hydrogen-bond donors (Lipinski definition) is 3. The highest BCUT2D eigenvalue weighted by atomic mass is 19.1. The van der Waals surface area contributed by atoms with Crippen molar-refractivity contribution in [1.82, 2.24) is 25.0 Å². The van der Waals surface area contributed by atoms with Gasteiger partial charge in [-0.1, -0.05) is 0 Å². The number of pyridine rings is 1. The fourth-order valence-corrected chi connectivity index (χ4v) is 4.53. The van der Waals surface area contributed by atoms with Crippen LogP contribution in [0.3, 0.4) is 0 Å². The quantitative estimate of drug-likeness (QED) is 0.351.